The molecule has 29 heavy (non-hydrogen) atoms. The van der Waals surface area contributed by atoms with Gasteiger partial charge in [-0.15, -0.1) is 62.0 Å². The first-order valence-corrected chi connectivity index (χ1v) is 7.90. The Morgan fingerprint density at radius 2 is 0.793 bits per heavy atom. The van der Waals surface area contributed by atoms with Crippen molar-refractivity contribution in [3.63, 3.8) is 0 Å². The fourth-order valence-electron chi connectivity index (χ4n) is 2.55. The zero-order valence-corrected chi connectivity index (χ0v) is 19.8. The minimum Gasteiger partial charge on any atom is -0.480 e. The number of aliphatic carboxylic acids is 3. The van der Waals surface area contributed by atoms with Crippen LogP contribution in [0.25, 0.3) is 0 Å². The van der Waals surface area contributed by atoms with E-state index in [1.54, 1.807) is 14.7 Å². The predicted molar refractivity (Wildman–Crippen MR) is 121 cm³/mol. The molecule has 0 aromatic heterocycles. The van der Waals surface area contributed by atoms with E-state index in [9.17, 15) is 14.4 Å². The fraction of sp³-hybridized carbons (Fsp3) is 0.786. The third kappa shape index (κ3) is 20.7. The molecule has 0 unspecified atom stereocenters. The van der Waals surface area contributed by atoms with Gasteiger partial charge in [0.05, 0.1) is 19.6 Å². The van der Waals surface area contributed by atoms with Gasteiger partial charge in [0.1, 0.15) is 0 Å². The van der Waals surface area contributed by atoms with Crippen molar-refractivity contribution in [2.45, 2.75) is 0 Å². The van der Waals surface area contributed by atoms with Gasteiger partial charge in [-0.05, 0) is 0 Å². The number of nitrogens with one attached hydrogen (secondary N) is 1. The number of nitrogens with zero attached hydrogens (tertiary/aromatic N) is 3. The van der Waals surface area contributed by atoms with E-state index in [0.717, 1.165) is 0 Å². The lowest BCUT2D eigenvalue weighted by molar-refractivity contribution is -0.140. The highest BCUT2D eigenvalue weighted by molar-refractivity contribution is 5.86. The lowest BCUT2D eigenvalue weighted by Crippen LogP contribution is -2.47. The monoisotopic (exact) mass is 526 g/mol. The first kappa shape index (κ1) is 39.2. The van der Waals surface area contributed by atoms with Crippen LogP contribution in [0.3, 0.4) is 0 Å². The Morgan fingerprint density at radius 3 is 1.03 bits per heavy atom. The van der Waals surface area contributed by atoms with Gasteiger partial charge in [-0.25, -0.2) is 0 Å². The molecule has 0 aromatic carbocycles. The van der Waals surface area contributed by atoms with Gasteiger partial charge in [0, 0.05) is 52.4 Å². The number of hydrogen-bond donors (Lipinski definition) is 4. The van der Waals surface area contributed by atoms with Gasteiger partial charge < -0.3 is 20.6 Å². The summed E-state index contributed by atoms with van der Waals surface area (Å²) < 4.78 is 0. The topological polar surface area (TPSA) is 134 Å². The minimum atomic E-state index is -0.960. The van der Waals surface area contributed by atoms with Crippen molar-refractivity contribution in [3.8, 4) is 0 Å². The Morgan fingerprint density at radius 1 is 0.552 bits per heavy atom. The molecule has 0 bridgehead atoms. The van der Waals surface area contributed by atoms with Gasteiger partial charge in [0.2, 0.25) is 0 Å². The Labute approximate surface area is 201 Å². The Balaban J connectivity index is -0.000000384. The molecule has 0 spiro atoms. The number of carboxylic acid groups (broad SMARTS) is 3. The Bertz CT molecular complexity index is 423. The van der Waals surface area contributed by atoms with Gasteiger partial charge in [0.25, 0.3) is 0 Å². The molecule has 1 saturated heterocycles. The molecule has 0 atom stereocenters. The lowest BCUT2D eigenvalue weighted by Gasteiger charge is -2.29. The zero-order chi connectivity index (χ0) is 17.9. The second-order valence-corrected chi connectivity index (χ2v) is 5.76. The van der Waals surface area contributed by atoms with Crippen LogP contribution in [0.1, 0.15) is 0 Å². The molecule has 0 saturated carbocycles. The highest BCUT2D eigenvalue weighted by atomic mass is 35.5. The highest BCUT2D eigenvalue weighted by Crippen LogP contribution is 1.97. The van der Waals surface area contributed by atoms with E-state index >= 15 is 0 Å². The Kier molecular flexibility index (Phi) is 30.3. The summed E-state index contributed by atoms with van der Waals surface area (Å²) in [6.45, 7) is 3.64. The van der Waals surface area contributed by atoms with Gasteiger partial charge in [-0.2, -0.15) is 0 Å². The normalized spacial score (nSPS) is 16.6. The van der Waals surface area contributed by atoms with Crippen molar-refractivity contribution in [1.82, 2.24) is 20.0 Å². The molecule has 0 amide bonds. The second-order valence-electron chi connectivity index (χ2n) is 5.76. The average Bonchev–Trinajstić information content (AvgIpc) is 2.45. The summed E-state index contributed by atoms with van der Waals surface area (Å²) in [5.74, 6) is -2.79. The van der Waals surface area contributed by atoms with Crippen molar-refractivity contribution < 1.29 is 29.7 Å². The predicted octanol–water partition coefficient (Wildman–Crippen LogP) is -0.142. The molecule has 1 rings (SSSR count). The molecule has 4 N–H and O–H groups in total. The average molecular weight is 529 g/mol. The van der Waals surface area contributed by atoms with E-state index in [1.165, 1.54) is 0 Å². The molecule has 0 aromatic rings. The molecule has 15 heteroatoms. The highest BCUT2D eigenvalue weighted by Gasteiger charge is 2.17. The molecule has 1 heterocycles. The smallest absolute Gasteiger partial charge is 0.317 e. The standard InChI is InChI=1S/C14H26N4O6.5ClH/c19-12(20)9-16-3-1-15-2-4-17(10-13(21)22)6-8-18(7-5-16)11-14(23)24;;;;;/h15H,1-11H2,(H,19,20)(H,21,22)(H,23,24);5*1H. The van der Waals surface area contributed by atoms with E-state index in [0.29, 0.717) is 52.4 Å². The van der Waals surface area contributed by atoms with Crippen LogP contribution in [0.15, 0.2) is 0 Å². The fourth-order valence-corrected chi connectivity index (χ4v) is 2.55. The number of carbonyl (C=O) groups is 3. The third-order valence-electron chi connectivity index (χ3n) is 3.75. The molecule has 1 aliphatic rings. The molecule has 0 aliphatic carbocycles. The summed E-state index contributed by atoms with van der Waals surface area (Å²) in [4.78, 5) is 38.1. The van der Waals surface area contributed by atoms with Crippen LogP contribution >= 0.6 is 62.0 Å². The number of halogens is 5. The van der Waals surface area contributed by atoms with Crippen LogP contribution < -0.4 is 5.32 Å². The Hall–Kier alpha value is -0.300. The lowest BCUT2D eigenvalue weighted by atomic mass is 10.3. The van der Waals surface area contributed by atoms with Crippen molar-refractivity contribution in [1.29, 1.82) is 0 Å². The maximum absolute atomic E-state index is 11.0. The SMILES string of the molecule is Cl.Cl.Cl.Cl.Cl.O=C(O)CN1CCNCCN(CC(=O)O)CCN(CC(=O)O)CC1. The number of hydrogen-bond acceptors (Lipinski definition) is 7. The largest absolute Gasteiger partial charge is 0.480 e. The third-order valence-corrected chi connectivity index (χ3v) is 3.75. The molecular weight excluding hydrogens is 497 g/mol. The van der Waals surface area contributed by atoms with E-state index in [1.807, 2.05) is 0 Å². The molecular formula is C14H31Cl5N4O6. The molecule has 178 valence electrons. The first-order valence-electron chi connectivity index (χ1n) is 7.90. The quantitative estimate of drug-likeness (QED) is 0.369. The van der Waals surface area contributed by atoms with Crippen LogP contribution in [0.2, 0.25) is 0 Å². The van der Waals surface area contributed by atoms with Crippen molar-refractivity contribution in [3.05, 3.63) is 0 Å². The maximum atomic E-state index is 11.0. The maximum Gasteiger partial charge on any atom is 0.317 e. The summed E-state index contributed by atoms with van der Waals surface area (Å²) in [6, 6.07) is 0. The molecule has 1 aliphatic heterocycles. The van der Waals surface area contributed by atoms with E-state index in [-0.39, 0.29) is 81.7 Å². The van der Waals surface area contributed by atoms with Gasteiger partial charge in [-0.3, -0.25) is 29.1 Å². The van der Waals surface area contributed by atoms with Crippen LogP contribution in [0.5, 0.6) is 0 Å². The summed E-state index contributed by atoms with van der Waals surface area (Å²) in [6.07, 6.45) is 0. The zero-order valence-electron chi connectivity index (χ0n) is 15.7. The molecule has 0 radical (unpaired) electrons. The molecule has 10 nitrogen and oxygen atoms in total. The second kappa shape index (κ2) is 22.4. The molecule has 1 fully saturated rings. The van der Waals surface area contributed by atoms with Gasteiger partial charge in [0.15, 0.2) is 0 Å². The van der Waals surface area contributed by atoms with Gasteiger partial charge >= 0.3 is 17.9 Å². The van der Waals surface area contributed by atoms with Crippen LogP contribution in [0, 0.1) is 0 Å². The number of rotatable bonds is 6. The van der Waals surface area contributed by atoms with E-state index in [2.05, 4.69) is 5.32 Å². The number of carboxylic acids is 3. The summed E-state index contributed by atoms with van der Waals surface area (Å²) in [5.41, 5.74) is 0. The van der Waals surface area contributed by atoms with Crippen LogP contribution in [-0.4, -0.2) is 120 Å². The summed E-state index contributed by atoms with van der Waals surface area (Å²) in [5, 5.41) is 30.1. The first-order chi connectivity index (χ1) is 11.4. The minimum absolute atomic E-state index is 0. The van der Waals surface area contributed by atoms with Crippen LogP contribution in [-0.2, 0) is 14.4 Å². The van der Waals surface area contributed by atoms with E-state index in [4.69, 9.17) is 15.3 Å². The van der Waals surface area contributed by atoms with Crippen molar-refractivity contribution >= 4 is 79.9 Å². The van der Waals surface area contributed by atoms with Crippen molar-refractivity contribution in [2.75, 3.05) is 72.0 Å². The van der Waals surface area contributed by atoms with Gasteiger partial charge in [-0.1, -0.05) is 0 Å². The summed E-state index contributed by atoms with van der Waals surface area (Å²) >= 11 is 0. The summed E-state index contributed by atoms with van der Waals surface area (Å²) in [7, 11) is 0. The van der Waals surface area contributed by atoms with Crippen molar-refractivity contribution in [2.24, 2.45) is 0 Å². The van der Waals surface area contributed by atoms with E-state index < -0.39 is 17.9 Å². The van der Waals surface area contributed by atoms with Crippen LogP contribution in [0.4, 0.5) is 0 Å².